The number of nitro benzene ring substituents is 1. The Morgan fingerprint density at radius 3 is 2.64 bits per heavy atom. The fourth-order valence-electron chi connectivity index (χ4n) is 4.54. The Morgan fingerprint density at radius 2 is 1.95 bits per heavy atom. The molecule has 1 aliphatic rings. The molecule has 2 aromatic carbocycles. The summed E-state index contributed by atoms with van der Waals surface area (Å²) in [7, 11) is 1.58. The second kappa shape index (κ2) is 13.2. The monoisotopic (exact) mass is 587 g/mol. The molecule has 0 spiro atoms. The third kappa shape index (κ3) is 7.05. The molecule has 1 atom stereocenters. The smallest absolute Gasteiger partial charge is 0.269 e. The van der Waals surface area contributed by atoms with Crippen LogP contribution in [0, 0.1) is 10.1 Å². The number of halogens is 2. The fraction of sp³-hybridized carbons (Fsp3) is 0.286. The number of methoxy groups -OCH3 is 1. The zero-order valence-corrected chi connectivity index (χ0v) is 23.5. The van der Waals surface area contributed by atoms with E-state index in [1.807, 2.05) is 17.5 Å². The highest BCUT2D eigenvalue weighted by Gasteiger charge is 2.35. The van der Waals surface area contributed by atoms with Gasteiger partial charge in [-0.05, 0) is 71.3 Å². The van der Waals surface area contributed by atoms with Gasteiger partial charge < -0.3 is 14.5 Å². The minimum atomic E-state index is -0.480. The number of benzene rings is 2. The molecular weight excluding hydrogens is 561 g/mol. The van der Waals surface area contributed by atoms with Crippen LogP contribution in [-0.2, 0) is 20.7 Å². The summed E-state index contributed by atoms with van der Waals surface area (Å²) < 4.78 is 5.15. The van der Waals surface area contributed by atoms with Crippen LogP contribution in [-0.4, -0.2) is 59.9 Å². The summed E-state index contributed by atoms with van der Waals surface area (Å²) in [5.41, 5.74) is 2.41. The van der Waals surface area contributed by atoms with E-state index in [9.17, 15) is 19.7 Å². The molecule has 4 rings (SSSR count). The van der Waals surface area contributed by atoms with Gasteiger partial charge in [0.1, 0.15) is 6.54 Å². The first-order valence-corrected chi connectivity index (χ1v) is 13.9. The van der Waals surface area contributed by atoms with Gasteiger partial charge in [-0.2, -0.15) is 0 Å². The summed E-state index contributed by atoms with van der Waals surface area (Å²) in [6.45, 7) is 1.14. The first-order valence-electron chi connectivity index (χ1n) is 12.3. The number of nitrogens with zero attached hydrogens (tertiary/aromatic N) is 3. The molecule has 0 radical (unpaired) electrons. The zero-order chi connectivity index (χ0) is 27.9. The SMILES string of the molecule is COCCCN(CC(=O)N1CCc2sccc2C1c1ccc(Cl)cc1Cl)C(=O)/C=C/c1ccc([N+](=O)[O-])cc1. The van der Waals surface area contributed by atoms with Crippen LogP contribution in [0.1, 0.15) is 34.0 Å². The van der Waals surface area contributed by atoms with Crippen molar-refractivity contribution in [3.63, 3.8) is 0 Å². The minimum Gasteiger partial charge on any atom is -0.385 e. The third-order valence-corrected chi connectivity index (χ3v) is 8.04. The molecule has 0 N–H and O–H groups in total. The van der Waals surface area contributed by atoms with Gasteiger partial charge >= 0.3 is 0 Å². The van der Waals surface area contributed by atoms with Crippen molar-refractivity contribution in [2.75, 3.05) is 33.4 Å². The Balaban J connectivity index is 1.56. The topological polar surface area (TPSA) is 93.0 Å². The minimum absolute atomic E-state index is 0.0316. The molecule has 0 saturated carbocycles. The summed E-state index contributed by atoms with van der Waals surface area (Å²) in [5, 5.41) is 13.9. The van der Waals surface area contributed by atoms with Crippen LogP contribution in [0.25, 0.3) is 6.08 Å². The maximum absolute atomic E-state index is 13.8. The van der Waals surface area contributed by atoms with Crippen molar-refractivity contribution in [3.8, 4) is 0 Å². The number of non-ortho nitro benzene ring substituents is 1. The van der Waals surface area contributed by atoms with E-state index < -0.39 is 4.92 Å². The number of fused-ring (bicyclic) bond motifs is 1. The molecule has 2 amide bonds. The second-order valence-electron chi connectivity index (χ2n) is 8.99. The summed E-state index contributed by atoms with van der Waals surface area (Å²) in [6.07, 6.45) is 4.23. The molecule has 0 fully saturated rings. The van der Waals surface area contributed by atoms with Gasteiger partial charge in [0, 0.05) is 59.9 Å². The fourth-order valence-corrected chi connectivity index (χ4v) is 5.96. The van der Waals surface area contributed by atoms with Crippen LogP contribution in [0.5, 0.6) is 0 Å². The average molecular weight is 589 g/mol. The Kier molecular flexibility index (Phi) is 9.74. The highest BCUT2D eigenvalue weighted by molar-refractivity contribution is 7.10. The van der Waals surface area contributed by atoms with E-state index in [-0.39, 0.29) is 30.1 Å². The second-order valence-corrected chi connectivity index (χ2v) is 10.8. The summed E-state index contributed by atoms with van der Waals surface area (Å²) in [5.74, 6) is -0.538. The number of ether oxygens (including phenoxy) is 1. The van der Waals surface area contributed by atoms with Crippen molar-refractivity contribution in [3.05, 3.63) is 102 Å². The molecular formula is C28H27Cl2N3O5S. The Hall–Kier alpha value is -3.24. The quantitative estimate of drug-likeness (QED) is 0.125. The molecule has 3 aromatic rings. The normalized spacial score (nSPS) is 14.8. The molecule has 39 heavy (non-hydrogen) atoms. The summed E-state index contributed by atoms with van der Waals surface area (Å²) in [6, 6.07) is 12.8. The van der Waals surface area contributed by atoms with Gasteiger partial charge in [-0.3, -0.25) is 19.7 Å². The van der Waals surface area contributed by atoms with Gasteiger partial charge in [0.15, 0.2) is 0 Å². The number of rotatable bonds is 10. The molecule has 11 heteroatoms. The Morgan fingerprint density at radius 1 is 1.18 bits per heavy atom. The van der Waals surface area contributed by atoms with Gasteiger partial charge in [-0.1, -0.05) is 29.3 Å². The molecule has 204 valence electrons. The summed E-state index contributed by atoms with van der Waals surface area (Å²) >= 11 is 14.4. The number of carbonyl (C=O) groups is 2. The predicted molar refractivity (Wildman–Crippen MR) is 153 cm³/mol. The molecule has 1 unspecified atom stereocenters. The van der Waals surface area contributed by atoms with E-state index in [1.165, 1.54) is 28.0 Å². The van der Waals surface area contributed by atoms with Crippen LogP contribution >= 0.6 is 34.5 Å². The number of nitro groups is 1. The number of amides is 2. The van der Waals surface area contributed by atoms with Crippen LogP contribution in [0.4, 0.5) is 5.69 Å². The van der Waals surface area contributed by atoms with Crippen molar-refractivity contribution >= 4 is 58.1 Å². The number of hydrogen-bond donors (Lipinski definition) is 0. The van der Waals surface area contributed by atoms with E-state index in [0.717, 1.165) is 17.5 Å². The van der Waals surface area contributed by atoms with E-state index in [4.69, 9.17) is 27.9 Å². The molecule has 0 saturated heterocycles. The van der Waals surface area contributed by atoms with Gasteiger partial charge in [0.05, 0.1) is 11.0 Å². The van der Waals surface area contributed by atoms with Crippen molar-refractivity contribution < 1.29 is 19.2 Å². The van der Waals surface area contributed by atoms with Crippen molar-refractivity contribution in [1.82, 2.24) is 9.80 Å². The Bertz CT molecular complexity index is 1380. The van der Waals surface area contributed by atoms with Crippen molar-refractivity contribution in [1.29, 1.82) is 0 Å². The van der Waals surface area contributed by atoms with Gasteiger partial charge in [0.25, 0.3) is 5.69 Å². The third-order valence-electron chi connectivity index (χ3n) is 6.48. The van der Waals surface area contributed by atoms with E-state index >= 15 is 0 Å². The predicted octanol–water partition coefficient (Wildman–Crippen LogP) is 6.02. The van der Waals surface area contributed by atoms with Gasteiger partial charge in [-0.15, -0.1) is 11.3 Å². The number of hydrogen-bond acceptors (Lipinski definition) is 6. The van der Waals surface area contributed by atoms with Crippen LogP contribution < -0.4 is 0 Å². The molecule has 0 bridgehead atoms. The van der Waals surface area contributed by atoms with Crippen molar-refractivity contribution in [2.45, 2.75) is 18.9 Å². The molecule has 1 aromatic heterocycles. The van der Waals surface area contributed by atoms with E-state index in [0.29, 0.717) is 41.7 Å². The summed E-state index contributed by atoms with van der Waals surface area (Å²) in [4.78, 5) is 41.8. The molecule has 2 heterocycles. The highest BCUT2D eigenvalue weighted by atomic mass is 35.5. The van der Waals surface area contributed by atoms with E-state index in [2.05, 4.69) is 0 Å². The van der Waals surface area contributed by atoms with Gasteiger partial charge in [0.2, 0.25) is 11.8 Å². The standard InChI is InChI=1S/C28H27Cl2N3O5S/c1-38-15-2-13-31(26(34)10-5-19-3-7-21(8-4-19)33(36)37)18-27(35)32-14-11-25-23(12-16-39-25)28(32)22-9-6-20(29)17-24(22)30/h3-10,12,16-17,28H,2,11,13-15,18H2,1H3/b10-5+. The lowest BCUT2D eigenvalue weighted by Crippen LogP contribution is -2.46. The number of thiophene rings is 1. The first-order chi connectivity index (χ1) is 18.8. The maximum Gasteiger partial charge on any atom is 0.269 e. The van der Waals surface area contributed by atoms with Crippen molar-refractivity contribution in [2.24, 2.45) is 0 Å². The Labute approximate surface area is 240 Å². The molecule has 8 nitrogen and oxygen atoms in total. The maximum atomic E-state index is 13.8. The largest absolute Gasteiger partial charge is 0.385 e. The zero-order valence-electron chi connectivity index (χ0n) is 21.2. The lowest BCUT2D eigenvalue weighted by molar-refractivity contribution is -0.384. The van der Waals surface area contributed by atoms with E-state index in [1.54, 1.807) is 53.7 Å². The average Bonchev–Trinajstić information content (AvgIpc) is 3.40. The lowest BCUT2D eigenvalue weighted by atomic mass is 9.93. The molecule has 0 aliphatic carbocycles. The highest BCUT2D eigenvalue weighted by Crippen LogP contribution is 2.41. The lowest BCUT2D eigenvalue weighted by Gasteiger charge is -2.38. The molecule has 1 aliphatic heterocycles. The van der Waals surface area contributed by atoms with Gasteiger partial charge in [-0.25, -0.2) is 0 Å². The first kappa shape index (κ1) is 28.8. The number of carbonyl (C=O) groups excluding carboxylic acids is 2. The van der Waals surface area contributed by atoms with Crippen LogP contribution in [0.3, 0.4) is 0 Å². The van der Waals surface area contributed by atoms with Crippen LogP contribution in [0.2, 0.25) is 10.0 Å². The van der Waals surface area contributed by atoms with Crippen LogP contribution in [0.15, 0.2) is 60.0 Å².